The third-order valence-electron chi connectivity index (χ3n) is 2.24. The van der Waals surface area contributed by atoms with Gasteiger partial charge in [-0.3, -0.25) is 10.1 Å². The summed E-state index contributed by atoms with van der Waals surface area (Å²) in [6, 6.07) is 8.55. The maximum atomic E-state index is 10.9. The van der Waals surface area contributed by atoms with Crippen molar-refractivity contribution in [3.63, 3.8) is 0 Å². The summed E-state index contributed by atoms with van der Waals surface area (Å²) in [5.41, 5.74) is 0.500. The average Bonchev–Trinajstić information content (AvgIpc) is 2.73. The number of nitrogens with one attached hydrogen (secondary N) is 1. The summed E-state index contributed by atoms with van der Waals surface area (Å²) >= 11 is 5.28. The Morgan fingerprint density at radius 1 is 1.39 bits per heavy atom. The molecule has 0 aliphatic rings. The number of halogens is 2. The van der Waals surface area contributed by atoms with Crippen molar-refractivity contribution in [2.75, 3.05) is 5.32 Å². The Labute approximate surface area is 125 Å². The number of furan rings is 1. The number of nitro groups is 1. The molecule has 5 nitrogen and oxygen atoms in total. The molecule has 2 aromatic rings. The van der Waals surface area contributed by atoms with E-state index in [-0.39, 0.29) is 5.69 Å². The van der Waals surface area contributed by atoms with E-state index in [0.717, 1.165) is 9.53 Å². The number of benzene rings is 1. The maximum absolute atomic E-state index is 10.9. The Bertz CT molecular complexity index is 585. The van der Waals surface area contributed by atoms with Gasteiger partial charge in [-0.15, -0.1) is 0 Å². The molecule has 0 radical (unpaired) electrons. The summed E-state index contributed by atoms with van der Waals surface area (Å²) in [7, 11) is 0. The molecule has 0 saturated carbocycles. The van der Waals surface area contributed by atoms with Crippen LogP contribution in [0.5, 0.6) is 0 Å². The summed E-state index contributed by atoms with van der Waals surface area (Å²) in [6.07, 6.45) is 0. The molecule has 0 amide bonds. The highest BCUT2D eigenvalue weighted by Gasteiger charge is 2.14. The van der Waals surface area contributed by atoms with Gasteiger partial charge >= 0.3 is 0 Å². The monoisotopic (exact) mass is 422 g/mol. The van der Waals surface area contributed by atoms with Crippen LogP contribution in [0.2, 0.25) is 0 Å². The van der Waals surface area contributed by atoms with E-state index in [9.17, 15) is 10.1 Å². The van der Waals surface area contributed by atoms with Crippen LogP contribution >= 0.6 is 38.5 Å². The summed E-state index contributed by atoms with van der Waals surface area (Å²) in [5.74, 6) is 0.733. The van der Waals surface area contributed by atoms with Gasteiger partial charge in [0.25, 0.3) is 5.69 Å². The van der Waals surface area contributed by atoms with E-state index in [1.165, 1.54) is 6.07 Å². The maximum Gasteiger partial charge on any atom is 0.293 e. The van der Waals surface area contributed by atoms with Gasteiger partial charge in [0.15, 0.2) is 3.77 Å². The van der Waals surface area contributed by atoms with Gasteiger partial charge < -0.3 is 9.73 Å². The van der Waals surface area contributed by atoms with Crippen LogP contribution in [0.25, 0.3) is 0 Å². The van der Waals surface area contributed by atoms with Crippen LogP contribution in [-0.4, -0.2) is 4.92 Å². The number of nitro benzene ring substituents is 1. The van der Waals surface area contributed by atoms with Crippen molar-refractivity contribution in [3.8, 4) is 0 Å². The first-order chi connectivity index (χ1) is 8.56. The summed E-state index contributed by atoms with van der Waals surface area (Å²) < 4.78 is 6.83. The number of nitrogens with zero attached hydrogens (tertiary/aromatic N) is 1. The lowest BCUT2D eigenvalue weighted by Crippen LogP contribution is -2.01. The zero-order valence-corrected chi connectivity index (χ0v) is 12.8. The molecule has 2 rings (SSSR count). The molecule has 0 aliphatic heterocycles. The van der Waals surface area contributed by atoms with Gasteiger partial charge in [0.1, 0.15) is 11.4 Å². The zero-order chi connectivity index (χ0) is 13.1. The third-order valence-corrected chi connectivity index (χ3v) is 3.31. The van der Waals surface area contributed by atoms with Gasteiger partial charge in [-0.05, 0) is 46.9 Å². The number of rotatable bonds is 4. The third kappa shape index (κ3) is 3.22. The highest BCUT2D eigenvalue weighted by atomic mass is 127. The van der Waals surface area contributed by atoms with E-state index < -0.39 is 4.92 Å². The first kappa shape index (κ1) is 13.3. The van der Waals surface area contributed by atoms with Gasteiger partial charge in [0, 0.05) is 10.5 Å². The minimum Gasteiger partial charge on any atom is -0.454 e. The lowest BCUT2D eigenvalue weighted by Gasteiger charge is -2.05. The molecule has 1 aromatic heterocycles. The van der Waals surface area contributed by atoms with E-state index in [0.29, 0.717) is 16.7 Å². The largest absolute Gasteiger partial charge is 0.454 e. The molecule has 0 saturated heterocycles. The smallest absolute Gasteiger partial charge is 0.293 e. The van der Waals surface area contributed by atoms with Crippen molar-refractivity contribution in [3.05, 3.63) is 54.4 Å². The highest BCUT2D eigenvalue weighted by molar-refractivity contribution is 14.1. The van der Waals surface area contributed by atoms with Crippen LogP contribution in [0.4, 0.5) is 11.4 Å². The summed E-state index contributed by atoms with van der Waals surface area (Å²) in [4.78, 5) is 10.5. The fourth-order valence-corrected chi connectivity index (χ4v) is 2.25. The van der Waals surface area contributed by atoms with Crippen LogP contribution in [0.15, 0.2) is 39.2 Å². The topological polar surface area (TPSA) is 68.3 Å². The Hall–Kier alpha value is -1.09. The molecule has 0 atom stereocenters. The zero-order valence-electron chi connectivity index (χ0n) is 9.02. The number of hydrogen-bond donors (Lipinski definition) is 1. The van der Waals surface area contributed by atoms with E-state index in [2.05, 4.69) is 43.8 Å². The predicted octanol–water partition coefficient (Wildman–Crippen LogP) is 4.17. The van der Waals surface area contributed by atoms with Crippen molar-refractivity contribution in [1.82, 2.24) is 0 Å². The Morgan fingerprint density at radius 3 is 2.78 bits per heavy atom. The van der Waals surface area contributed by atoms with Crippen molar-refractivity contribution >= 4 is 49.9 Å². The molecule has 7 heteroatoms. The number of anilines is 1. The molecule has 0 unspecified atom stereocenters. The second kappa shape index (κ2) is 5.70. The van der Waals surface area contributed by atoms with Crippen molar-refractivity contribution < 1.29 is 9.34 Å². The molecule has 1 heterocycles. The summed E-state index contributed by atoms with van der Waals surface area (Å²) in [5, 5.41) is 13.9. The van der Waals surface area contributed by atoms with E-state index in [1.807, 2.05) is 12.1 Å². The summed E-state index contributed by atoms with van der Waals surface area (Å²) in [6.45, 7) is 0.408. The predicted molar refractivity (Wildman–Crippen MR) is 79.5 cm³/mol. The van der Waals surface area contributed by atoms with Crippen molar-refractivity contribution in [2.24, 2.45) is 0 Å². The van der Waals surface area contributed by atoms with Gasteiger partial charge in [0.2, 0.25) is 0 Å². The van der Waals surface area contributed by atoms with Crippen LogP contribution in [0, 0.1) is 13.9 Å². The van der Waals surface area contributed by atoms with Gasteiger partial charge in [-0.1, -0.05) is 15.9 Å². The molecular weight excluding hydrogens is 415 g/mol. The molecule has 0 spiro atoms. The minimum atomic E-state index is -0.418. The molecule has 1 aromatic carbocycles. The van der Waals surface area contributed by atoms with E-state index >= 15 is 0 Å². The Balaban J connectivity index is 2.16. The molecule has 0 aliphatic carbocycles. The minimum absolute atomic E-state index is 0.0330. The Kier molecular flexibility index (Phi) is 4.23. The van der Waals surface area contributed by atoms with Crippen LogP contribution in [0.3, 0.4) is 0 Å². The molecule has 1 N–H and O–H groups in total. The van der Waals surface area contributed by atoms with Gasteiger partial charge in [-0.25, -0.2) is 0 Å². The Morgan fingerprint density at radius 2 is 2.17 bits per heavy atom. The lowest BCUT2D eigenvalue weighted by molar-refractivity contribution is -0.384. The van der Waals surface area contributed by atoms with Crippen molar-refractivity contribution in [2.45, 2.75) is 6.54 Å². The molecular formula is C11H8BrIN2O3. The molecule has 94 valence electrons. The first-order valence-corrected chi connectivity index (χ1v) is 6.85. The normalized spacial score (nSPS) is 10.3. The number of hydrogen-bond acceptors (Lipinski definition) is 4. The highest BCUT2D eigenvalue weighted by Crippen LogP contribution is 2.28. The standard InChI is InChI=1S/C11H8BrIN2O3/c12-7-1-3-9(10(5-7)15(16)17)14-6-8-2-4-11(13)18-8/h1-5,14H,6H2. The van der Waals surface area contributed by atoms with Gasteiger partial charge in [0.05, 0.1) is 11.5 Å². The van der Waals surface area contributed by atoms with Crippen molar-refractivity contribution in [1.29, 1.82) is 0 Å². The molecule has 0 fully saturated rings. The van der Waals surface area contributed by atoms with Crippen LogP contribution < -0.4 is 5.32 Å². The second-order valence-electron chi connectivity index (χ2n) is 3.48. The average molecular weight is 423 g/mol. The SMILES string of the molecule is O=[N+]([O-])c1cc(Br)ccc1NCc1ccc(I)o1. The van der Waals surface area contributed by atoms with E-state index in [1.54, 1.807) is 12.1 Å². The first-order valence-electron chi connectivity index (χ1n) is 4.98. The second-order valence-corrected chi connectivity index (χ2v) is 5.46. The molecule has 18 heavy (non-hydrogen) atoms. The fraction of sp³-hybridized carbons (Fsp3) is 0.0909. The fourth-order valence-electron chi connectivity index (χ4n) is 1.43. The quantitative estimate of drug-likeness (QED) is 0.456. The van der Waals surface area contributed by atoms with Crippen LogP contribution in [-0.2, 0) is 6.54 Å². The van der Waals surface area contributed by atoms with Gasteiger partial charge in [-0.2, -0.15) is 0 Å². The van der Waals surface area contributed by atoms with Crippen LogP contribution in [0.1, 0.15) is 5.76 Å². The lowest BCUT2D eigenvalue weighted by atomic mass is 10.2. The van der Waals surface area contributed by atoms with E-state index in [4.69, 9.17) is 4.42 Å². The molecule has 0 bridgehead atoms.